The molecule has 7 heteroatoms. The van der Waals surface area contributed by atoms with Crippen molar-refractivity contribution < 1.29 is 19.1 Å². The predicted molar refractivity (Wildman–Crippen MR) is 110 cm³/mol. The quantitative estimate of drug-likeness (QED) is 0.578. The van der Waals surface area contributed by atoms with Crippen molar-refractivity contribution in [2.45, 2.75) is 25.8 Å². The van der Waals surface area contributed by atoms with E-state index in [9.17, 15) is 14.4 Å². The standard InChI is InChI=1S/C21H23BrN2O4/c1-2-6-18(15-7-4-3-5-8-15)24-19(25)14-28-20(26)13-23-21(27)16-9-11-17(22)12-10-16/h3-5,7-12,18H,2,6,13-14H2,1H3,(H,23,27)(H,24,25). The van der Waals surface area contributed by atoms with Gasteiger partial charge in [-0.05, 0) is 36.2 Å². The minimum atomic E-state index is -0.674. The highest BCUT2D eigenvalue weighted by atomic mass is 79.9. The number of rotatable bonds is 9. The molecule has 0 aromatic heterocycles. The van der Waals surface area contributed by atoms with E-state index in [1.54, 1.807) is 24.3 Å². The molecule has 28 heavy (non-hydrogen) atoms. The minimum absolute atomic E-state index is 0.130. The van der Waals surface area contributed by atoms with Crippen LogP contribution in [-0.4, -0.2) is 30.9 Å². The Kier molecular flexibility index (Phi) is 8.68. The van der Waals surface area contributed by atoms with Gasteiger partial charge in [0.05, 0.1) is 6.04 Å². The van der Waals surface area contributed by atoms with Crippen molar-refractivity contribution in [3.8, 4) is 0 Å². The van der Waals surface area contributed by atoms with Crippen molar-refractivity contribution >= 4 is 33.7 Å². The molecule has 2 aromatic rings. The molecule has 0 radical (unpaired) electrons. The van der Waals surface area contributed by atoms with Crippen molar-refractivity contribution in [1.82, 2.24) is 10.6 Å². The molecule has 0 fully saturated rings. The van der Waals surface area contributed by atoms with E-state index in [1.165, 1.54) is 0 Å². The number of carbonyl (C=O) groups is 3. The number of halogens is 1. The highest BCUT2D eigenvalue weighted by molar-refractivity contribution is 9.10. The summed E-state index contributed by atoms with van der Waals surface area (Å²) in [6.07, 6.45) is 1.69. The molecule has 0 spiro atoms. The second kappa shape index (κ2) is 11.2. The molecule has 0 heterocycles. The zero-order valence-corrected chi connectivity index (χ0v) is 17.2. The van der Waals surface area contributed by atoms with Crippen LogP contribution < -0.4 is 10.6 Å². The normalized spacial score (nSPS) is 11.4. The fraction of sp³-hybridized carbons (Fsp3) is 0.286. The van der Waals surface area contributed by atoms with E-state index in [2.05, 4.69) is 26.6 Å². The number of ether oxygens (including phenoxy) is 1. The lowest BCUT2D eigenvalue weighted by Gasteiger charge is -2.18. The molecule has 0 aliphatic rings. The third kappa shape index (κ3) is 7.15. The Morgan fingerprint density at radius 1 is 1.04 bits per heavy atom. The lowest BCUT2D eigenvalue weighted by molar-refractivity contribution is -0.147. The Morgan fingerprint density at radius 3 is 2.36 bits per heavy atom. The van der Waals surface area contributed by atoms with Crippen molar-refractivity contribution in [2.24, 2.45) is 0 Å². The molecule has 1 unspecified atom stereocenters. The molecule has 0 aliphatic heterocycles. The summed E-state index contributed by atoms with van der Waals surface area (Å²) in [5.41, 5.74) is 1.43. The first-order chi connectivity index (χ1) is 13.5. The number of benzene rings is 2. The summed E-state index contributed by atoms with van der Waals surface area (Å²) in [5, 5.41) is 5.35. The maximum absolute atomic E-state index is 12.1. The zero-order valence-electron chi connectivity index (χ0n) is 15.6. The van der Waals surface area contributed by atoms with Gasteiger partial charge < -0.3 is 15.4 Å². The summed E-state index contributed by atoms with van der Waals surface area (Å²) in [6, 6.07) is 16.2. The van der Waals surface area contributed by atoms with Crippen LogP contribution in [-0.2, 0) is 14.3 Å². The maximum atomic E-state index is 12.1. The van der Waals surface area contributed by atoms with Gasteiger partial charge in [0.2, 0.25) is 0 Å². The summed E-state index contributed by atoms with van der Waals surface area (Å²) in [5.74, 6) is -1.44. The molecule has 2 amide bonds. The van der Waals surface area contributed by atoms with Gasteiger partial charge in [0.15, 0.2) is 6.61 Å². The molecule has 2 N–H and O–H groups in total. The van der Waals surface area contributed by atoms with Gasteiger partial charge in [-0.3, -0.25) is 14.4 Å². The molecule has 1 atom stereocenters. The Bertz CT molecular complexity index is 794. The molecule has 2 aromatic carbocycles. The second-order valence-corrected chi connectivity index (χ2v) is 7.09. The average Bonchev–Trinajstić information content (AvgIpc) is 2.71. The number of nitrogens with one attached hydrogen (secondary N) is 2. The van der Waals surface area contributed by atoms with E-state index in [1.807, 2.05) is 37.3 Å². The smallest absolute Gasteiger partial charge is 0.325 e. The van der Waals surface area contributed by atoms with Crippen molar-refractivity contribution in [2.75, 3.05) is 13.2 Å². The van der Waals surface area contributed by atoms with Crippen LogP contribution in [0.1, 0.15) is 41.7 Å². The Balaban J connectivity index is 1.76. The topological polar surface area (TPSA) is 84.5 Å². The molecular formula is C21H23BrN2O4. The third-order valence-corrected chi connectivity index (χ3v) is 4.51. The summed E-state index contributed by atoms with van der Waals surface area (Å²) >= 11 is 3.29. The third-order valence-electron chi connectivity index (χ3n) is 3.98. The first kappa shape index (κ1) is 21.6. The molecule has 0 bridgehead atoms. The van der Waals surface area contributed by atoms with E-state index < -0.39 is 5.97 Å². The Morgan fingerprint density at radius 2 is 1.71 bits per heavy atom. The van der Waals surface area contributed by atoms with Crippen LogP contribution in [0, 0.1) is 0 Å². The highest BCUT2D eigenvalue weighted by Crippen LogP contribution is 2.17. The molecule has 148 valence electrons. The highest BCUT2D eigenvalue weighted by Gasteiger charge is 2.15. The average molecular weight is 447 g/mol. The molecule has 0 aliphatic carbocycles. The summed E-state index contributed by atoms with van der Waals surface area (Å²) in [7, 11) is 0. The predicted octanol–water partition coefficient (Wildman–Crippen LogP) is 3.38. The van der Waals surface area contributed by atoms with Crippen LogP contribution in [0.4, 0.5) is 0 Å². The van der Waals surface area contributed by atoms with Gasteiger partial charge in [0.1, 0.15) is 6.54 Å². The van der Waals surface area contributed by atoms with Crippen LogP contribution >= 0.6 is 15.9 Å². The van der Waals surface area contributed by atoms with Crippen LogP contribution in [0.3, 0.4) is 0 Å². The lowest BCUT2D eigenvalue weighted by atomic mass is 10.0. The first-order valence-corrected chi connectivity index (χ1v) is 9.82. The van der Waals surface area contributed by atoms with Gasteiger partial charge in [-0.15, -0.1) is 0 Å². The molecular weight excluding hydrogens is 424 g/mol. The molecule has 0 saturated heterocycles. The van der Waals surface area contributed by atoms with Crippen LogP contribution in [0.2, 0.25) is 0 Å². The minimum Gasteiger partial charge on any atom is -0.454 e. The number of hydrogen-bond donors (Lipinski definition) is 2. The number of carbonyl (C=O) groups excluding carboxylic acids is 3. The van der Waals surface area contributed by atoms with Crippen LogP contribution in [0.25, 0.3) is 0 Å². The Hall–Kier alpha value is -2.67. The van der Waals surface area contributed by atoms with E-state index in [0.717, 1.165) is 22.9 Å². The summed E-state index contributed by atoms with van der Waals surface area (Å²) < 4.78 is 5.80. The van der Waals surface area contributed by atoms with E-state index in [0.29, 0.717) is 5.56 Å². The van der Waals surface area contributed by atoms with Gasteiger partial charge in [-0.25, -0.2) is 0 Å². The fourth-order valence-electron chi connectivity index (χ4n) is 2.59. The largest absolute Gasteiger partial charge is 0.454 e. The lowest BCUT2D eigenvalue weighted by Crippen LogP contribution is -2.35. The second-order valence-electron chi connectivity index (χ2n) is 6.17. The zero-order chi connectivity index (χ0) is 20.4. The monoisotopic (exact) mass is 446 g/mol. The van der Waals surface area contributed by atoms with Gasteiger partial charge in [-0.2, -0.15) is 0 Å². The Labute approximate surface area is 172 Å². The van der Waals surface area contributed by atoms with Gasteiger partial charge in [-0.1, -0.05) is 59.6 Å². The van der Waals surface area contributed by atoms with Crippen LogP contribution in [0.5, 0.6) is 0 Å². The van der Waals surface area contributed by atoms with Crippen molar-refractivity contribution in [3.05, 3.63) is 70.2 Å². The van der Waals surface area contributed by atoms with Crippen molar-refractivity contribution in [1.29, 1.82) is 0 Å². The first-order valence-electron chi connectivity index (χ1n) is 9.03. The van der Waals surface area contributed by atoms with Gasteiger partial charge in [0.25, 0.3) is 11.8 Å². The summed E-state index contributed by atoms with van der Waals surface area (Å²) in [4.78, 5) is 35.9. The van der Waals surface area contributed by atoms with E-state index >= 15 is 0 Å². The maximum Gasteiger partial charge on any atom is 0.325 e. The van der Waals surface area contributed by atoms with Gasteiger partial charge in [0, 0.05) is 10.0 Å². The fourth-order valence-corrected chi connectivity index (χ4v) is 2.85. The number of hydrogen-bond acceptors (Lipinski definition) is 4. The van der Waals surface area contributed by atoms with E-state index in [4.69, 9.17) is 4.74 Å². The molecule has 2 rings (SSSR count). The van der Waals surface area contributed by atoms with Crippen molar-refractivity contribution in [3.63, 3.8) is 0 Å². The van der Waals surface area contributed by atoms with E-state index in [-0.39, 0.29) is 31.0 Å². The summed E-state index contributed by atoms with van der Waals surface area (Å²) in [6.45, 7) is 1.34. The number of esters is 1. The van der Waals surface area contributed by atoms with Gasteiger partial charge >= 0.3 is 5.97 Å². The van der Waals surface area contributed by atoms with Crippen LogP contribution in [0.15, 0.2) is 59.1 Å². The molecule has 0 saturated carbocycles. The number of amides is 2. The SMILES string of the molecule is CCCC(NC(=O)COC(=O)CNC(=O)c1ccc(Br)cc1)c1ccccc1. The molecule has 6 nitrogen and oxygen atoms in total.